The summed E-state index contributed by atoms with van der Waals surface area (Å²) < 4.78 is 14.3. The van der Waals surface area contributed by atoms with Crippen molar-refractivity contribution in [2.24, 2.45) is 5.92 Å². The Morgan fingerprint density at radius 3 is 2.55 bits per heavy atom. The molecule has 6 nitrogen and oxygen atoms in total. The molecule has 0 atom stereocenters. The first-order valence-corrected chi connectivity index (χ1v) is 11.1. The highest BCUT2D eigenvalue weighted by Crippen LogP contribution is 2.35. The third-order valence-electron chi connectivity index (χ3n) is 5.58. The number of amides is 1. The highest BCUT2D eigenvalue weighted by molar-refractivity contribution is 6.34. The number of carbonyl (C=O) groups is 1. The molecule has 1 fully saturated rings. The summed E-state index contributed by atoms with van der Waals surface area (Å²) in [5.41, 5.74) is 1.83. The second-order valence-electron chi connectivity index (χ2n) is 8.24. The Morgan fingerprint density at radius 1 is 1.15 bits per heavy atom. The lowest BCUT2D eigenvalue weighted by Crippen LogP contribution is -2.49. The minimum Gasteiger partial charge on any atom is -0.352 e. The van der Waals surface area contributed by atoms with Crippen molar-refractivity contribution < 1.29 is 9.18 Å². The van der Waals surface area contributed by atoms with E-state index in [1.54, 1.807) is 41.3 Å². The molecular formula is C25H23ClFN5O. The Hall–Kier alpha value is -3.50. The van der Waals surface area contributed by atoms with Gasteiger partial charge in [0, 0.05) is 47.7 Å². The number of nitriles is 1. The van der Waals surface area contributed by atoms with Crippen molar-refractivity contribution >= 4 is 34.2 Å². The zero-order valence-electron chi connectivity index (χ0n) is 18.4. The minimum atomic E-state index is -0.350. The molecule has 0 aliphatic carbocycles. The van der Waals surface area contributed by atoms with Gasteiger partial charge in [0.15, 0.2) is 0 Å². The van der Waals surface area contributed by atoms with Crippen molar-refractivity contribution in [3.63, 3.8) is 0 Å². The molecule has 0 unspecified atom stereocenters. The van der Waals surface area contributed by atoms with Crippen LogP contribution in [0, 0.1) is 23.1 Å². The lowest BCUT2D eigenvalue weighted by Gasteiger charge is -2.35. The van der Waals surface area contributed by atoms with Crippen molar-refractivity contribution in [2.45, 2.75) is 13.8 Å². The van der Waals surface area contributed by atoms with Crippen molar-refractivity contribution in [2.75, 3.05) is 31.1 Å². The Labute approximate surface area is 196 Å². The highest BCUT2D eigenvalue weighted by Gasteiger charge is 2.25. The predicted octanol–water partition coefficient (Wildman–Crippen LogP) is 4.84. The second-order valence-corrected chi connectivity index (χ2v) is 8.65. The molecule has 168 valence electrons. The van der Waals surface area contributed by atoms with Gasteiger partial charge in [0.2, 0.25) is 0 Å². The molecule has 0 bridgehead atoms. The van der Waals surface area contributed by atoms with Gasteiger partial charge < -0.3 is 9.80 Å². The van der Waals surface area contributed by atoms with E-state index < -0.39 is 0 Å². The van der Waals surface area contributed by atoms with Gasteiger partial charge in [-0.25, -0.2) is 14.4 Å². The molecule has 0 N–H and O–H groups in total. The summed E-state index contributed by atoms with van der Waals surface area (Å²) in [6.07, 6.45) is 3.18. The monoisotopic (exact) mass is 463 g/mol. The fourth-order valence-electron chi connectivity index (χ4n) is 3.98. The normalized spacial score (nSPS) is 14.6. The highest BCUT2D eigenvalue weighted by atomic mass is 35.5. The Morgan fingerprint density at radius 2 is 1.88 bits per heavy atom. The summed E-state index contributed by atoms with van der Waals surface area (Å²) in [7, 11) is 0. The van der Waals surface area contributed by atoms with Crippen LogP contribution in [0.15, 0.2) is 54.4 Å². The lowest BCUT2D eigenvalue weighted by molar-refractivity contribution is -0.127. The maximum absolute atomic E-state index is 14.3. The number of carbonyl (C=O) groups excluding carboxylic acids is 1. The number of piperazine rings is 1. The molecule has 1 aromatic heterocycles. The lowest BCUT2D eigenvalue weighted by atomic mass is 10.0. The van der Waals surface area contributed by atoms with Crippen LogP contribution in [0.3, 0.4) is 0 Å². The smallest absolute Gasteiger partial charge is 0.264 e. The molecule has 4 rings (SSSR count). The second kappa shape index (κ2) is 9.55. The third kappa shape index (κ3) is 4.67. The number of hydrogen-bond acceptors (Lipinski definition) is 5. The summed E-state index contributed by atoms with van der Waals surface area (Å²) in [4.78, 5) is 25.3. The van der Waals surface area contributed by atoms with E-state index in [1.165, 1.54) is 12.4 Å². The first-order chi connectivity index (χ1) is 15.9. The van der Waals surface area contributed by atoms with Crippen LogP contribution in [-0.4, -0.2) is 47.0 Å². The summed E-state index contributed by atoms with van der Waals surface area (Å²) in [5, 5.41) is 10.5. The topological polar surface area (TPSA) is 73.1 Å². The Bertz CT molecular complexity index is 1280. The number of hydrogen-bond donors (Lipinski definition) is 0. The van der Waals surface area contributed by atoms with E-state index in [2.05, 4.69) is 14.9 Å². The molecule has 1 aliphatic heterocycles. The standard InChI is InChI=1S/C25H23ClFN5O/c1-16(2)11-17(14-28)25(33)32-9-7-31(8-10-32)24-20-12-21(26)19(13-23(20)29-15-30-24)18-5-3-4-6-22(18)27/h3-6,11-13,15-16H,7-10H2,1-2H3. The van der Waals surface area contributed by atoms with Gasteiger partial charge in [-0.1, -0.05) is 49.7 Å². The van der Waals surface area contributed by atoms with Crippen LogP contribution in [0.1, 0.15) is 13.8 Å². The summed E-state index contributed by atoms with van der Waals surface area (Å²) in [6, 6.07) is 12.0. The molecule has 3 aromatic rings. The molecule has 2 aromatic carbocycles. The number of allylic oxidation sites excluding steroid dienone is 1. The van der Waals surface area contributed by atoms with Crippen LogP contribution in [0.2, 0.25) is 5.02 Å². The largest absolute Gasteiger partial charge is 0.352 e. The molecule has 0 spiro atoms. The fourth-order valence-corrected chi connectivity index (χ4v) is 4.25. The van der Waals surface area contributed by atoms with E-state index in [1.807, 2.05) is 19.9 Å². The van der Waals surface area contributed by atoms with E-state index in [4.69, 9.17) is 11.6 Å². The van der Waals surface area contributed by atoms with Crippen molar-refractivity contribution in [3.8, 4) is 17.2 Å². The minimum absolute atomic E-state index is 0.122. The van der Waals surface area contributed by atoms with Crippen LogP contribution in [0.4, 0.5) is 10.2 Å². The van der Waals surface area contributed by atoms with E-state index in [0.29, 0.717) is 53.7 Å². The zero-order valence-corrected chi connectivity index (χ0v) is 19.2. The van der Waals surface area contributed by atoms with Crippen LogP contribution < -0.4 is 4.90 Å². The Kier molecular flexibility index (Phi) is 6.57. The first kappa shape index (κ1) is 22.7. The molecule has 33 heavy (non-hydrogen) atoms. The number of rotatable bonds is 4. The van der Waals surface area contributed by atoms with Gasteiger partial charge in [-0.15, -0.1) is 0 Å². The molecule has 8 heteroatoms. The molecule has 2 heterocycles. The van der Waals surface area contributed by atoms with E-state index >= 15 is 0 Å². The van der Waals surface area contributed by atoms with Crippen LogP contribution in [-0.2, 0) is 4.79 Å². The fraction of sp³-hybridized carbons (Fsp3) is 0.280. The van der Waals surface area contributed by atoms with E-state index in [0.717, 1.165) is 5.39 Å². The van der Waals surface area contributed by atoms with Gasteiger partial charge in [0.1, 0.15) is 29.6 Å². The predicted molar refractivity (Wildman–Crippen MR) is 127 cm³/mol. The van der Waals surface area contributed by atoms with Gasteiger partial charge in [0.05, 0.1) is 5.52 Å². The van der Waals surface area contributed by atoms with E-state index in [9.17, 15) is 14.4 Å². The van der Waals surface area contributed by atoms with Gasteiger partial charge in [0.25, 0.3) is 5.91 Å². The maximum atomic E-state index is 14.3. The van der Waals surface area contributed by atoms with Crippen molar-refractivity contribution in [3.05, 3.63) is 65.2 Å². The van der Waals surface area contributed by atoms with Crippen LogP contribution >= 0.6 is 11.6 Å². The average molecular weight is 464 g/mol. The van der Waals surface area contributed by atoms with Crippen molar-refractivity contribution in [1.29, 1.82) is 5.26 Å². The van der Waals surface area contributed by atoms with Gasteiger partial charge in [-0.2, -0.15) is 5.26 Å². The number of fused-ring (bicyclic) bond motifs is 1. The first-order valence-electron chi connectivity index (χ1n) is 10.7. The number of halogens is 2. The van der Waals surface area contributed by atoms with Gasteiger partial charge in [-0.05, 0) is 24.1 Å². The quantitative estimate of drug-likeness (QED) is 0.408. The Balaban J connectivity index is 1.59. The summed E-state index contributed by atoms with van der Waals surface area (Å²) >= 11 is 6.55. The maximum Gasteiger partial charge on any atom is 0.264 e. The molecule has 1 aliphatic rings. The SMILES string of the molecule is CC(C)C=C(C#N)C(=O)N1CCN(c2ncnc3cc(-c4ccccc4F)c(Cl)cc23)CC1. The third-order valence-corrected chi connectivity index (χ3v) is 5.90. The molecular weight excluding hydrogens is 441 g/mol. The molecule has 1 amide bonds. The number of benzene rings is 2. The van der Waals surface area contributed by atoms with Crippen LogP contribution in [0.25, 0.3) is 22.0 Å². The van der Waals surface area contributed by atoms with Crippen LogP contribution in [0.5, 0.6) is 0 Å². The number of nitrogens with zero attached hydrogens (tertiary/aromatic N) is 5. The van der Waals surface area contributed by atoms with Crippen molar-refractivity contribution in [1.82, 2.24) is 14.9 Å². The van der Waals surface area contributed by atoms with Gasteiger partial charge >= 0.3 is 0 Å². The summed E-state index contributed by atoms with van der Waals surface area (Å²) in [6.45, 7) is 5.94. The van der Waals surface area contributed by atoms with Gasteiger partial charge in [-0.3, -0.25) is 4.79 Å². The number of anilines is 1. The average Bonchev–Trinajstić information content (AvgIpc) is 2.82. The summed E-state index contributed by atoms with van der Waals surface area (Å²) in [5.74, 6) is 0.247. The molecule has 0 radical (unpaired) electrons. The molecule has 0 saturated carbocycles. The molecule has 1 saturated heterocycles. The zero-order chi connectivity index (χ0) is 23.5. The van der Waals surface area contributed by atoms with E-state index in [-0.39, 0.29) is 23.2 Å². The number of aromatic nitrogens is 2.